The Morgan fingerprint density at radius 1 is 0.941 bits per heavy atom. The van der Waals surface area contributed by atoms with Crippen molar-refractivity contribution in [1.29, 1.82) is 0 Å². The van der Waals surface area contributed by atoms with Crippen molar-refractivity contribution in [3.63, 3.8) is 0 Å². The molecule has 2 amide bonds. The quantitative estimate of drug-likeness (QED) is 0.405. The van der Waals surface area contributed by atoms with Crippen LogP contribution in [0, 0.1) is 0 Å². The number of benzene rings is 3. The number of aryl methyl sites for hydroxylation is 1. The second-order valence-electron chi connectivity index (χ2n) is 7.72. The third-order valence-corrected chi connectivity index (χ3v) is 5.50. The molecule has 2 N–H and O–H groups in total. The van der Waals surface area contributed by atoms with Gasteiger partial charge < -0.3 is 29.3 Å². The molecule has 1 aromatic heterocycles. The van der Waals surface area contributed by atoms with E-state index in [0.29, 0.717) is 40.3 Å². The molecule has 1 aliphatic heterocycles. The number of hydrogen-bond donors (Lipinski definition) is 2. The molecule has 3 aromatic carbocycles. The Kier molecular flexibility index (Phi) is 5.78. The van der Waals surface area contributed by atoms with E-state index in [-0.39, 0.29) is 24.9 Å². The van der Waals surface area contributed by atoms with Crippen LogP contribution >= 0.6 is 0 Å². The minimum absolute atomic E-state index is 0.0247. The number of amides is 2. The van der Waals surface area contributed by atoms with Crippen molar-refractivity contribution in [2.45, 2.75) is 12.8 Å². The molecular formula is C26H22N2O6. The average molecular weight is 458 g/mol. The maximum atomic E-state index is 13.1. The predicted octanol–water partition coefficient (Wildman–Crippen LogP) is 4.99. The largest absolute Gasteiger partial charge is 0.497 e. The van der Waals surface area contributed by atoms with E-state index < -0.39 is 5.91 Å². The van der Waals surface area contributed by atoms with E-state index in [1.807, 2.05) is 30.3 Å². The number of para-hydroxylation sites is 1. The maximum absolute atomic E-state index is 13.1. The molecule has 1 aliphatic rings. The number of nitrogens with one attached hydrogen (secondary N) is 2. The Morgan fingerprint density at radius 3 is 2.56 bits per heavy atom. The number of ether oxygens (including phenoxy) is 3. The van der Waals surface area contributed by atoms with Gasteiger partial charge in [-0.2, -0.15) is 0 Å². The molecule has 0 unspecified atom stereocenters. The second-order valence-corrected chi connectivity index (χ2v) is 7.72. The molecule has 34 heavy (non-hydrogen) atoms. The summed E-state index contributed by atoms with van der Waals surface area (Å²) in [6, 6.07) is 19.8. The molecule has 0 spiro atoms. The molecule has 0 fully saturated rings. The van der Waals surface area contributed by atoms with Crippen LogP contribution in [0.25, 0.3) is 11.0 Å². The summed E-state index contributed by atoms with van der Waals surface area (Å²) in [6.45, 7) is 0.142. The van der Waals surface area contributed by atoms with Gasteiger partial charge in [0.1, 0.15) is 17.0 Å². The summed E-state index contributed by atoms with van der Waals surface area (Å²) >= 11 is 0. The molecule has 0 atom stereocenters. The molecular weight excluding hydrogens is 436 g/mol. The molecule has 8 nitrogen and oxygen atoms in total. The molecule has 0 radical (unpaired) electrons. The van der Waals surface area contributed by atoms with Gasteiger partial charge in [0.25, 0.3) is 5.91 Å². The minimum Gasteiger partial charge on any atom is -0.497 e. The van der Waals surface area contributed by atoms with Gasteiger partial charge >= 0.3 is 0 Å². The standard InChI is InChI=1S/C26H22N2O6/c1-31-18-10-6-16(7-11-18)8-13-23(29)28-24-19-4-2-3-5-20(19)34-25(24)26(30)27-17-9-12-21-22(14-17)33-15-32-21/h2-7,9-12,14H,8,13,15H2,1H3,(H,27,30)(H,28,29). The predicted molar refractivity (Wildman–Crippen MR) is 127 cm³/mol. The van der Waals surface area contributed by atoms with Crippen molar-refractivity contribution in [3.05, 3.63) is 78.1 Å². The van der Waals surface area contributed by atoms with E-state index in [2.05, 4.69) is 10.6 Å². The maximum Gasteiger partial charge on any atom is 0.293 e. The van der Waals surface area contributed by atoms with Gasteiger partial charge in [-0.25, -0.2) is 0 Å². The summed E-state index contributed by atoms with van der Waals surface area (Å²) in [5, 5.41) is 6.32. The molecule has 2 heterocycles. The van der Waals surface area contributed by atoms with Gasteiger partial charge in [0.05, 0.1) is 7.11 Å². The highest BCUT2D eigenvalue weighted by Crippen LogP contribution is 2.35. The van der Waals surface area contributed by atoms with Gasteiger partial charge in [0, 0.05) is 23.6 Å². The zero-order valence-electron chi connectivity index (χ0n) is 18.4. The lowest BCUT2D eigenvalue weighted by atomic mass is 10.1. The molecule has 0 saturated heterocycles. The fourth-order valence-electron chi connectivity index (χ4n) is 3.74. The summed E-state index contributed by atoms with van der Waals surface area (Å²) in [4.78, 5) is 25.9. The highest BCUT2D eigenvalue weighted by molar-refractivity contribution is 6.14. The van der Waals surface area contributed by atoms with E-state index >= 15 is 0 Å². The summed E-state index contributed by atoms with van der Waals surface area (Å²) < 4.78 is 21.7. The van der Waals surface area contributed by atoms with E-state index in [1.165, 1.54) is 0 Å². The zero-order valence-corrected chi connectivity index (χ0v) is 18.4. The Morgan fingerprint density at radius 2 is 1.74 bits per heavy atom. The fraction of sp³-hybridized carbons (Fsp3) is 0.154. The molecule has 0 aliphatic carbocycles. The van der Waals surface area contributed by atoms with Gasteiger partial charge in [-0.1, -0.05) is 24.3 Å². The number of rotatable bonds is 7. The van der Waals surface area contributed by atoms with Gasteiger partial charge in [0.15, 0.2) is 11.5 Å². The number of carbonyl (C=O) groups excluding carboxylic acids is 2. The van der Waals surface area contributed by atoms with Crippen LogP contribution in [-0.4, -0.2) is 25.7 Å². The number of hydrogen-bond acceptors (Lipinski definition) is 6. The van der Waals surface area contributed by atoms with Crippen LogP contribution in [0.4, 0.5) is 11.4 Å². The fourth-order valence-corrected chi connectivity index (χ4v) is 3.74. The van der Waals surface area contributed by atoms with Crippen molar-refractivity contribution in [2.75, 3.05) is 24.5 Å². The molecule has 172 valence electrons. The molecule has 0 bridgehead atoms. The van der Waals surface area contributed by atoms with Crippen LogP contribution in [-0.2, 0) is 11.2 Å². The van der Waals surface area contributed by atoms with Crippen LogP contribution in [0.3, 0.4) is 0 Å². The van der Waals surface area contributed by atoms with E-state index in [1.54, 1.807) is 43.5 Å². The number of furan rings is 1. The summed E-state index contributed by atoms with van der Waals surface area (Å²) in [7, 11) is 1.61. The van der Waals surface area contributed by atoms with E-state index in [9.17, 15) is 9.59 Å². The normalized spacial score (nSPS) is 11.9. The van der Waals surface area contributed by atoms with Crippen LogP contribution < -0.4 is 24.8 Å². The average Bonchev–Trinajstić information content (AvgIpc) is 3.47. The molecule has 8 heteroatoms. The lowest BCUT2D eigenvalue weighted by Crippen LogP contribution is -2.17. The van der Waals surface area contributed by atoms with Crippen molar-refractivity contribution in [3.8, 4) is 17.2 Å². The number of methoxy groups -OCH3 is 1. The smallest absolute Gasteiger partial charge is 0.293 e. The Labute approximate surface area is 195 Å². The van der Waals surface area contributed by atoms with Gasteiger partial charge in [-0.05, 0) is 48.4 Å². The molecule has 5 rings (SSSR count). The first-order valence-corrected chi connectivity index (χ1v) is 10.8. The third-order valence-electron chi connectivity index (χ3n) is 5.50. The number of fused-ring (bicyclic) bond motifs is 2. The first kappa shape index (κ1) is 21.4. The van der Waals surface area contributed by atoms with Crippen LogP contribution in [0.2, 0.25) is 0 Å². The third kappa shape index (κ3) is 4.38. The monoisotopic (exact) mass is 458 g/mol. The van der Waals surface area contributed by atoms with Gasteiger partial charge in [0.2, 0.25) is 18.5 Å². The van der Waals surface area contributed by atoms with Crippen LogP contribution in [0.15, 0.2) is 71.1 Å². The lowest BCUT2D eigenvalue weighted by molar-refractivity contribution is -0.116. The summed E-state index contributed by atoms with van der Waals surface area (Å²) in [5.74, 6) is 1.24. The van der Waals surface area contributed by atoms with E-state index in [4.69, 9.17) is 18.6 Å². The Hall–Kier alpha value is -4.46. The van der Waals surface area contributed by atoms with Crippen LogP contribution in [0.1, 0.15) is 22.5 Å². The first-order chi connectivity index (χ1) is 16.6. The van der Waals surface area contributed by atoms with Gasteiger partial charge in [-0.15, -0.1) is 0 Å². The van der Waals surface area contributed by atoms with Crippen molar-refractivity contribution < 1.29 is 28.2 Å². The zero-order chi connectivity index (χ0) is 23.5. The first-order valence-electron chi connectivity index (χ1n) is 10.8. The van der Waals surface area contributed by atoms with Crippen molar-refractivity contribution in [1.82, 2.24) is 0 Å². The highest BCUT2D eigenvalue weighted by atomic mass is 16.7. The number of carbonyl (C=O) groups is 2. The second kappa shape index (κ2) is 9.19. The van der Waals surface area contributed by atoms with Crippen molar-refractivity contribution >= 4 is 34.2 Å². The summed E-state index contributed by atoms with van der Waals surface area (Å²) in [5.41, 5.74) is 2.37. The Balaban J connectivity index is 1.34. The highest BCUT2D eigenvalue weighted by Gasteiger charge is 2.23. The molecule has 4 aromatic rings. The van der Waals surface area contributed by atoms with Crippen LogP contribution in [0.5, 0.6) is 17.2 Å². The minimum atomic E-state index is -0.486. The topological polar surface area (TPSA) is 99.0 Å². The SMILES string of the molecule is COc1ccc(CCC(=O)Nc2c(C(=O)Nc3ccc4c(c3)OCO4)oc3ccccc23)cc1. The summed E-state index contributed by atoms with van der Waals surface area (Å²) in [6.07, 6.45) is 0.791. The number of anilines is 2. The lowest BCUT2D eigenvalue weighted by Gasteiger charge is -2.08. The Bertz CT molecular complexity index is 1360. The van der Waals surface area contributed by atoms with Gasteiger partial charge in [-0.3, -0.25) is 9.59 Å². The van der Waals surface area contributed by atoms with Crippen molar-refractivity contribution in [2.24, 2.45) is 0 Å². The van der Waals surface area contributed by atoms with E-state index in [0.717, 1.165) is 11.3 Å². The molecule has 0 saturated carbocycles.